The number of carboxylic acid groups (broad SMARTS) is 1. The minimum absolute atomic E-state index is 0.126. The second-order valence-corrected chi connectivity index (χ2v) is 7.64. The quantitative estimate of drug-likeness (QED) is 0.424. The zero-order valence-electron chi connectivity index (χ0n) is 17.4. The number of rotatable bonds is 6. The summed E-state index contributed by atoms with van der Waals surface area (Å²) in [6.45, 7) is 6.42. The zero-order chi connectivity index (χ0) is 21.3. The number of furan rings is 1. The Balaban J connectivity index is 1.73. The van der Waals surface area contributed by atoms with Crippen LogP contribution in [0.15, 0.2) is 65.1 Å². The lowest BCUT2D eigenvalue weighted by molar-refractivity contribution is -0.254. The van der Waals surface area contributed by atoms with Gasteiger partial charge in [-0.25, -0.2) is 4.98 Å². The third kappa shape index (κ3) is 3.73. The summed E-state index contributed by atoms with van der Waals surface area (Å²) < 4.78 is 6.04. The van der Waals surface area contributed by atoms with Crippen molar-refractivity contribution in [1.82, 2.24) is 4.98 Å². The molecule has 0 saturated carbocycles. The number of fused-ring (bicyclic) bond motifs is 1. The SMILES string of the molecule is CCc1ccc2nc(-c3ccc(-c4ccc([C@H](C)CC)cc4)o3)cc(C(=O)[O-])c2c1. The van der Waals surface area contributed by atoms with Crippen LogP contribution in [-0.4, -0.2) is 11.0 Å². The number of aromatic carboxylic acids is 1. The van der Waals surface area contributed by atoms with Crippen LogP contribution in [0.1, 0.15) is 54.6 Å². The van der Waals surface area contributed by atoms with E-state index in [1.807, 2.05) is 37.3 Å². The third-order valence-corrected chi connectivity index (χ3v) is 5.74. The van der Waals surface area contributed by atoms with Crippen LogP contribution >= 0.6 is 0 Å². The Morgan fingerprint density at radius 2 is 1.73 bits per heavy atom. The number of aromatic nitrogens is 1. The summed E-state index contributed by atoms with van der Waals surface area (Å²) in [6.07, 6.45) is 1.92. The maximum absolute atomic E-state index is 11.8. The molecule has 30 heavy (non-hydrogen) atoms. The van der Waals surface area contributed by atoms with Crippen molar-refractivity contribution in [2.45, 2.75) is 39.5 Å². The monoisotopic (exact) mass is 398 g/mol. The molecule has 0 saturated heterocycles. The maximum atomic E-state index is 11.8. The van der Waals surface area contributed by atoms with E-state index in [-0.39, 0.29) is 5.56 Å². The van der Waals surface area contributed by atoms with Crippen molar-refractivity contribution in [3.05, 3.63) is 77.4 Å². The molecule has 0 bridgehead atoms. The molecule has 1 atom stereocenters. The van der Waals surface area contributed by atoms with E-state index in [1.165, 1.54) is 11.6 Å². The van der Waals surface area contributed by atoms with Gasteiger partial charge < -0.3 is 14.3 Å². The van der Waals surface area contributed by atoms with E-state index in [4.69, 9.17) is 4.42 Å². The molecule has 2 heterocycles. The molecule has 0 fully saturated rings. The molecule has 2 aromatic carbocycles. The first-order valence-corrected chi connectivity index (χ1v) is 10.4. The van der Waals surface area contributed by atoms with Crippen LogP contribution in [0.4, 0.5) is 0 Å². The van der Waals surface area contributed by atoms with Crippen molar-refractivity contribution in [3.63, 3.8) is 0 Å². The van der Waals surface area contributed by atoms with Crippen LogP contribution in [0.2, 0.25) is 0 Å². The third-order valence-electron chi connectivity index (χ3n) is 5.74. The number of benzene rings is 2. The lowest BCUT2D eigenvalue weighted by Crippen LogP contribution is -2.22. The molecule has 4 nitrogen and oxygen atoms in total. The first-order valence-electron chi connectivity index (χ1n) is 10.4. The van der Waals surface area contributed by atoms with Gasteiger partial charge >= 0.3 is 0 Å². The first kappa shape index (κ1) is 19.9. The van der Waals surface area contributed by atoms with Gasteiger partial charge in [0.25, 0.3) is 0 Å². The van der Waals surface area contributed by atoms with Crippen molar-refractivity contribution in [2.75, 3.05) is 0 Å². The fourth-order valence-corrected chi connectivity index (χ4v) is 3.63. The zero-order valence-corrected chi connectivity index (χ0v) is 17.4. The molecule has 0 spiro atoms. The lowest BCUT2D eigenvalue weighted by atomic mass is 9.97. The highest BCUT2D eigenvalue weighted by Crippen LogP contribution is 2.31. The Kier molecular flexibility index (Phi) is 5.40. The highest BCUT2D eigenvalue weighted by atomic mass is 16.4. The Labute approximate surface area is 176 Å². The van der Waals surface area contributed by atoms with Crippen molar-refractivity contribution in [3.8, 4) is 22.8 Å². The topological polar surface area (TPSA) is 66.2 Å². The summed E-state index contributed by atoms with van der Waals surface area (Å²) in [6, 6.07) is 19.3. The summed E-state index contributed by atoms with van der Waals surface area (Å²) in [5, 5.41) is 12.4. The summed E-state index contributed by atoms with van der Waals surface area (Å²) >= 11 is 0. The van der Waals surface area contributed by atoms with Gasteiger partial charge in [0.2, 0.25) is 0 Å². The number of hydrogen-bond acceptors (Lipinski definition) is 4. The fraction of sp³-hybridized carbons (Fsp3) is 0.231. The van der Waals surface area contributed by atoms with Crippen LogP contribution in [0.25, 0.3) is 33.7 Å². The molecule has 0 aliphatic rings. The van der Waals surface area contributed by atoms with Crippen molar-refractivity contribution < 1.29 is 14.3 Å². The van der Waals surface area contributed by atoms with E-state index >= 15 is 0 Å². The molecule has 4 rings (SSSR count). The first-order chi connectivity index (χ1) is 14.5. The van der Waals surface area contributed by atoms with Gasteiger partial charge in [0.1, 0.15) is 11.5 Å². The lowest BCUT2D eigenvalue weighted by Gasteiger charge is -2.11. The smallest absolute Gasteiger partial charge is 0.153 e. The van der Waals surface area contributed by atoms with Gasteiger partial charge in [-0.15, -0.1) is 0 Å². The average molecular weight is 398 g/mol. The molecule has 0 amide bonds. The van der Waals surface area contributed by atoms with Crippen molar-refractivity contribution >= 4 is 16.9 Å². The van der Waals surface area contributed by atoms with Crippen molar-refractivity contribution in [1.29, 1.82) is 0 Å². The van der Waals surface area contributed by atoms with Crippen molar-refractivity contribution in [2.24, 2.45) is 0 Å². The molecule has 2 aromatic heterocycles. The summed E-state index contributed by atoms with van der Waals surface area (Å²) in [7, 11) is 0. The van der Waals surface area contributed by atoms with Gasteiger partial charge in [0.15, 0.2) is 5.76 Å². The molecular formula is C26H24NO3-. The van der Waals surface area contributed by atoms with Gasteiger partial charge in [0, 0.05) is 16.5 Å². The van der Waals surface area contributed by atoms with E-state index in [0.717, 1.165) is 29.7 Å². The fourth-order valence-electron chi connectivity index (χ4n) is 3.63. The molecule has 4 heteroatoms. The summed E-state index contributed by atoms with van der Waals surface area (Å²) in [5.74, 6) is 0.549. The standard InChI is InChI=1S/C26H25NO3/c1-4-16(3)18-7-9-19(10-8-18)24-12-13-25(30-24)23-15-21(26(28)29)20-14-17(5-2)6-11-22(20)27-23/h6-16H,4-5H2,1-3H3,(H,28,29)/p-1/t16-/m1/s1. The highest BCUT2D eigenvalue weighted by Gasteiger charge is 2.13. The number of nitrogens with zero attached hydrogens (tertiary/aromatic N) is 1. The van der Waals surface area contributed by atoms with Gasteiger partial charge in [0.05, 0.1) is 11.5 Å². The number of pyridine rings is 1. The summed E-state index contributed by atoms with van der Waals surface area (Å²) in [5.41, 5.74) is 4.55. The average Bonchev–Trinajstić information content (AvgIpc) is 3.27. The second-order valence-electron chi connectivity index (χ2n) is 7.64. The van der Waals surface area contributed by atoms with Crippen LogP contribution in [0.5, 0.6) is 0 Å². The molecule has 0 aliphatic carbocycles. The normalized spacial score (nSPS) is 12.2. The predicted molar refractivity (Wildman–Crippen MR) is 117 cm³/mol. The van der Waals surface area contributed by atoms with Gasteiger partial charge in [-0.1, -0.05) is 51.1 Å². The van der Waals surface area contributed by atoms with E-state index < -0.39 is 5.97 Å². The molecular weight excluding hydrogens is 374 g/mol. The maximum Gasteiger partial charge on any atom is 0.153 e. The highest BCUT2D eigenvalue weighted by molar-refractivity contribution is 6.03. The molecule has 0 N–H and O–H groups in total. The van der Waals surface area contributed by atoms with Gasteiger partial charge in [-0.05, 0) is 60.2 Å². The Bertz CT molecular complexity index is 1200. The minimum atomic E-state index is -1.22. The van der Waals surface area contributed by atoms with Crippen LogP contribution in [0, 0.1) is 0 Å². The Hall–Kier alpha value is -3.40. The number of carboxylic acids is 1. The summed E-state index contributed by atoms with van der Waals surface area (Å²) in [4.78, 5) is 16.4. The number of carbonyl (C=O) groups is 1. The molecule has 0 unspecified atom stereocenters. The van der Waals surface area contributed by atoms with Gasteiger partial charge in [-0.3, -0.25) is 0 Å². The number of aryl methyl sites for hydroxylation is 1. The molecule has 4 aromatic rings. The Morgan fingerprint density at radius 3 is 2.40 bits per heavy atom. The van der Waals surface area contributed by atoms with Crippen LogP contribution in [0.3, 0.4) is 0 Å². The Morgan fingerprint density at radius 1 is 1.00 bits per heavy atom. The number of hydrogen-bond donors (Lipinski definition) is 0. The van der Waals surface area contributed by atoms with Gasteiger partial charge in [-0.2, -0.15) is 0 Å². The van der Waals surface area contributed by atoms with E-state index in [2.05, 4.69) is 43.1 Å². The van der Waals surface area contributed by atoms with E-state index in [1.54, 1.807) is 0 Å². The largest absolute Gasteiger partial charge is 0.545 e. The van der Waals surface area contributed by atoms with Crippen LogP contribution in [-0.2, 0) is 6.42 Å². The minimum Gasteiger partial charge on any atom is -0.545 e. The van der Waals surface area contributed by atoms with Crippen LogP contribution < -0.4 is 5.11 Å². The number of carbonyl (C=O) groups excluding carboxylic acids is 1. The second kappa shape index (κ2) is 8.15. The molecule has 0 radical (unpaired) electrons. The predicted octanol–water partition coefficient (Wildman–Crippen LogP) is 5.60. The van der Waals surface area contributed by atoms with E-state index in [9.17, 15) is 9.90 Å². The molecule has 0 aliphatic heterocycles. The molecule has 152 valence electrons. The van der Waals surface area contributed by atoms with E-state index in [0.29, 0.717) is 28.3 Å².